The van der Waals surface area contributed by atoms with Crippen molar-refractivity contribution in [1.29, 1.82) is 0 Å². The Balaban J connectivity index is 1.91. The number of alkyl halides is 2. The van der Waals surface area contributed by atoms with Gasteiger partial charge in [-0.05, 0) is 38.5 Å². The number of halogens is 2. The lowest BCUT2D eigenvalue weighted by atomic mass is 9.94. The molecule has 1 heterocycles. The molecule has 21 heavy (non-hydrogen) atoms. The number of nitrogens with zero attached hydrogens (tertiary/aromatic N) is 1. The predicted molar refractivity (Wildman–Crippen MR) is 82.8 cm³/mol. The average Bonchev–Trinajstić information content (AvgIpc) is 2.63. The van der Waals surface area contributed by atoms with Crippen LogP contribution in [0, 0.1) is 5.92 Å². The SMILES string of the molecule is CC(C)C1(C)SC(NC2CCCC(F)(F)CCC2)=NC1=O. The Morgan fingerprint density at radius 1 is 1.29 bits per heavy atom. The molecule has 1 fully saturated rings. The van der Waals surface area contributed by atoms with Crippen LogP contribution in [0.5, 0.6) is 0 Å². The molecular weight excluding hydrogens is 294 g/mol. The van der Waals surface area contributed by atoms with Gasteiger partial charge in [-0.15, -0.1) is 0 Å². The summed E-state index contributed by atoms with van der Waals surface area (Å²) in [7, 11) is 0. The predicted octanol–water partition coefficient (Wildman–Crippen LogP) is 3.98. The lowest BCUT2D eigenvalue weighted by molar-refractivity contribution is -0.120. The van der Waals surface area contributed by atoms with Crippen LogP contribution in [0.2, 0.25) is 0 Å². The van der Waals surface area contributed by atoms with Gasteiger partial charge in [-0.3, -0.25) is 4.79 Å². The van der Waals surface area contributed by atoms with Gasteiger partial charge in [0.15, 0.2) is 5.17 Å². The van der Waals surface area contributed by atoms with Crippen LogP contribution in [0.25, 0.3) is 0 Å². The summed E-state index contributed by atoms with van der Waals surface area (Å²) in [5.74, 6) is -2.40. The van der Waals surface area contributed by atoms with E-state index in [9.17, 15) is 13.6 Å². The van der Waals surface area contributed by atoms with Crippen LogP contribution in [-0.4, -0.2) is 27.8 Å². The van der Waals surface area contributed by atoms with Crippen molar-refractivity contribution in [2.75, 3.05) is 0 Å². The first-order chi connectivity index (χ1) is 9.73. The van der Waals surface area contributed by atoms with E-state index in [4.69, 9.17) is 0 Å². The minimum absolute atomic E-state index is 0.0343. The van der Waals surface area contributed by atoms with Crippen LogP contribution in [0.1, 0.15) is 59.3 Å². The van der Waals surface area contributed by atoms with E-state index < -0.39 is 10.7 Å². The normalized spacial score (nSPS) is 31.0. The summed E-state index contributed by atoms with van der Waals surface area (Å²) in [5, 5.41) is 3.96. The van der Waals surface area contributed by atoms with E-state index in [1.165, 1.54) is 11.8 Å². The fourth-order valence-electron chi connectivity index (χ4n) is 2.70. The molecule has 1 aliphatic carbocycles. The lowest BCUT2D eigenvalue weighted by Gasteiger charge is -2.27. The summed E-state index contributed by atoms with van der Waals surface area (Å²) in [5.41, 5.74) is 0. The average molecular weight is 318 g/mol. The molecule has 0 aromatic heterocycles. The minimum Gasteiger partial charge on any atom is -0.362 e. The molecule has 0 aromatic rings. The van der Waals surface area contributed by atoms with Crippen molar-refractivity contribution in [3.8, 4) is 0 Å². The summed E-state index contributed by atoms with van der Waals surface area (Å²) >= 11 is 1.48. The number of nitrogens with one attached hydrogen (secondary N) is 1. The Morgan fingerprint density at radius 2 is 1.86 bits per heavy atom. The Morgan fingerprint density at radius 3 is 2.33 bits per heavy atom. The van der Waals surface area contributed by atoms with Gasteiger partial charge in [0, 0.05) is 18.9 Å². The fraction of sp³-hybridized carbons (Fsp3) is 0.867. The number of rotatable bonds is 2. The van der Waals surface area contributed by atoms with Gasteiger partial charge in [0.05, 0.1) is 0 Å². The Hall–Kier alpha value is -0.650. The zero-order chi connectivity index (χ0) is 15.7. The van der Waals surface area contributed by atoms with E-state index >= 15 is 0 Å². The number of amides is 1. The van der Waals surface area contributed by atoms with Gasteiger partial charge < -0.3 is 5.32 Å². The Labute approximate surface area is 129 Å². The fourth-order valence-corrected chi connectivity index (χ4v) is 3.82. The maximum atomic E-state index is 13.3. The molecule has 0 spiro atoms. The van der Waals surface area contributed by atoms with E-state index in [0.717, 1.165) is 0 Å². The molecule has 0 bridgehead atoms. The molecule has 3 nitrogen and oxygen atoms in total. The first-order valence-electron chi connectivity index (χ1n) is 7.69. The van der Waals surface area contributed by atoms with Crippen LogP contribution >= 0.6 is 11.8 Å². The highest BCUT2D eigenvalue weighted by atomic mass is 32.2. The minimum atomic E-state index is -2.50. The van der Waals surface area contributed by atoms with Gasteiger partial charge in [0.25, 0.3) is 5.91 Å². The van der Waals surface area contributed by atoms with Gasteiger partial charge in [0.2, 0.25) is 5.92 Å². The molecule has 1 aliphatic heterocycles. The molecule has 120 valence electrons. The van der Waals surface area contributed by atoms with Gasteiger partial charge in [-0.25, -0.2) is 8.78 Å². The van der Waals surface area contributed by atoms with Crippen molar-refractivity contribution in [1.82, 2.24) is 5.32 Å². The highest BCUT2D eigenvalue weighted by molar-refractivity contribution is 8.16. The summed E-state index contributed by atoms with van der Waals surface area (Å²) in [4.78, 5) is 16.2. The van der Waals surface area contributed by atoms with Crippen molar-refractivity contribution >= 4 is 22.8 Å². The second-order valence-electron chi connectivity index (χ2n) is 6.57. The molecule has 1 amide bonds. The van der Waals surface area contributed by atoms with Gasteiger partial charge in [-0.1, -0.05) is 25.6 Å². The van der Waals surface area contributed by atoms with Crippen molar-refractivity contribution in [2.45, 2.75) is 76.0 Å². The zero-order valence-electron chi connectivity index (χ0n) is 12.9. The monoisotopic (exact) mass is 318 g/mol. The summed E-state index contributed by atoms with van der Waals surface area (Å²) in [6.07, 6.45) is 2.38. The Bertz CT molecular complexity index is 427. The van der Waals surface area contributed by atoms with E-state index in [2.05, 4.69) is 10.3 Å². The lowest BCUT2D eigenvalue weighted by Crippen LogP contribution is -2.37. The van der Waals surface area contributed by atoms with Gasteiger partial charge in [-0.2, -0.15) is 4.99 Å². The molecule has 0 saturated heterocycles. The smallest absolute Gasteiger partial charge is 0.264 e. The maximum Gasteiger partial charge on any atom is 0.264 e. The molecule has 6 heteroatoms. The largest absolute Gasteiger partial charge is 0.362 e. The summed E-state index contributed by atoms with van der Waals surface area (Å²) < 4.78 is 26.1. The second-order valence-corrected chi connectivity index (χ2v) is 8.01. The Kier molecular flexibility index (Phi) is 4.96. The van der Waals surface area contributed by atoms with Gasteiger partial charge in [0.1, 0.15) is 4.75 Å². The first-order valence-corrected chi connectivity index (χ1v) is 8.51. The van der Waals surface area contributed by atoms with Crippen molar-refractivity contribution in [2.24, 2.45) is 10.9 Å². The third kappa shape index (κ3) is 3.96. The van der Waals surface area contributed by atoms with Crippen LogP contribution in [-0.2, 0) is 4.79 Å². The first kappa shape index (κ1) is 16.7. The number of hydrogen-bond donors (Lipinski definition) is 1. The third-order valence-corrected chi connectivity index (χ3v) is 6.03. The van der Waals surface area contributed by atoms with Crippen LogP contribution in [0.3, 0.4) is 0 Å². The van der Waals surface area contributed by atoms with E-state index in [1.807, 2.05) is 20.8 Å². The topological polar surface area (TPSA) is 41.5 Å². The molecule has 0 radical (unpaired) electrons. The number of aliphatic imine (C=N–C) groups is 1. The zero-order valence-corrected chi connectivity index (χ0v) is 13.7. The maximum absolute atomic E-state index is 13.3. The second kappa shape index (κ2) is 6.23. The van der Waals surface area contributed by atoms with Crippen LogP contribution in [0.4, 0.5) is 8.78 Å². The van der Waals surface area contributed by atoms with Crippen molar-refractivity contribution < 1.29 is 13.6 Å². The van der Waals surface area contributed by atoms with E-state index in [-0.39, 0.29) is 30.7 Å². The summed E-state index contributed by atoms with van der Waals surface area (Å²) in [6.45, 7) is 5.95. The molecule has 1 saturated carbocycles. The molecule has 2 rings (SSSR count). The standard InChI is InChI=1S/C15H24F2N2OS/c1-10(2)14(3)12(20)19-13(21-14)18-11-6-4-8-15(16,17)9-5-7-11/h10-11H,4-9H2,1-3H3,(H,18,19,20). The van der Waals surface area contributed by atoms with E-state index in [0.29, 0.717) is 30.9 Å². The molecule has 0 aromatic carbocycles. The highest BCUT2D eigenvalue weighted by Gasteiger charge is 2.44. The highest BCUT2D eigenvalue weighted by Crippen LogP contribution is 2.39. The number of carbonyl (C=O) groups is 1. The molecule has 1 unspecified atom stereocenters. The van der Waals surface area contributed by atoms with Crippen molar-refractivity contribution in [3.05, 3.63) is 0 Å². The van der Waals surface area contributed by atoms with E-state index in [1.54, 1.807) is 0 Å². The van der Waals surface area contributed by atoms with Crippen molar-refractivity contribution in [3.63, 3.8) is 0 Å². The quantitative estimate of drug-likeness (QED) is 0.837. The third-order valence-electron chi connectivity index (χ3n) is 4.56. The number of amidine groups is 1. The van der Waals surface area contributed by atoms with Gasteiger partial charge >= 0.3 is 0 Å². The number of thioether (sulfide) groups is 1. The molecule has 1 atom stereocenters. The number of carbonyl (C=O) groups excluding carboxylic acids is 1. The van der Waals surface area contributed by atoms with Crippen LogP contribution in [0.15, 0.2) is 4.99 Å². The molecule has 1 N–H and O–H groups in total. The summed E-state index contributed by atoms with van der Waals surface area (Å²) in [6, 6.07) is 0.148. The number of hydrogen-bond acceptors (Lipinski definition) is 3. The molecule has 2 aliphatic rings. The molecular formula is C15H24F2N2OS. The van der Waals surface area contributed by atoms with Crippen LogP contribution < -0.4 is 5.32 Å².